The molecule has 6 nitrogen and oxygen atoms in total. The molecule has 0 aliphatic carbocycles. The predicted octanol–water partition coefficient (Wildman–Crippen LogP) is -3.10. The van der Waals surface area contributed by atoms with E-state index in [1.54, 1.807) is 6.08 Å². The van der Waals surface area contributed by atoms with Gasteiger partial charge in [-0.1, -0.05) is 38.8 Å². The molecule has 0 saturated heterocycles. The number of aliphatic hydroxyl groups is 2. The number of carboxylic acid groups (broad SMARTS) is 1. The number of hydrogen-bond acceptors (Lipinski definition) is 6. The minimum Gasteiger partial charge on any atom is -0.550 e. The molecule has 0 saturated carbocycles. The van der Waals surface area contributed by atoms with Crippen LogP contribution in [0.5, 0.6) is 0 Å². The molecule has 0 aliphatic rings. The summed E-state index contributed by atoms with van der Waals surface area (Å²) in [5, 5.41) is 33.5. The first-order chi connectivity index (χ1) is 11.0. The zero-order chi connectivity index (χ0) is 17.5. The average Bonchev–Trinajstić information content (AvgIpc) is 2.52. The normalized spacial score (nSPS) is 13.9. The quantitative estimate of drug-likeness (QED) is 0.167. The van der Waals surface area contributed by atoms with E-state index in [1.807, 2.05) is 17.9 Å². The van der Waals surface area contributed by atoms with Gasteiger partial charge in [0.15, 0.2) is 0 Å². The number of carbonyl (C=O) groups excluding carboxylic acids is 1. The van der Waals surface area contributed by atoms with Crippen molar-refractivity contribution in [2.75, 3.05) is 32.7 Å². The van der Waals surface area contributed by atoms with Crippen molar-refractivity contribution in [2.24, 2.45) is 0 Å². The van der Waals surface area contributed by atoms with E-state index in [4.69, 9.17) is 0 Å². The van der Waals surface area contributed by atoms with Crippen molar-refractivity contribution in [3.8, 4) is 0 Å². The van der Waals surface area contributed by atoms with E-state index in [0.29, 0.717) is 32.7 Å². The number of rotatable bonds is 15. The molecule has 7 heteroatoms. The third-order valence-corrected chi connectivity index (χ3v) is 3.55. The van der Waals surface area contributed by atoms with Crippen LogP contribution in [0.2, 0.25) is 0 Å². The molecule has 3 N–H and O–H groups in total. The SMILES string of the molecule is CC/C=C/C(O)CN(CCNCC(O)CCCC)CCC(=O)[O-].[Li+]. The number of unbranched alkanes of at least 4 members (excludes halogenated alkanes) is 1. The Kier molecular flexibility index (Phi) is 18.8. The fourth-order valence-electron chi connectivity index (χ4n) is 2.21. The van der Waals surface area contributed by atoms with Crippen LogP contribution in [0.1, 0.15) is 46.0 Å². The maximum atomic E-state index is 10.6. The second-order valence-electron chi connectivity index (χ2n) is 5.83. The van der Waals surface area contributed by atoms with E-state index in [0.717, 1.165) is 25.7 Å². The van der Waals surface area contributed by atoms with Crippen LogP contribution in [0, 0.1) is 0 Å². The Bertz CT molecular complexity index is 330. The van der Waals surface area contributed by atoms with Gasteiger partial charge in [0.1, 0.15) is 0 Å². The summed E-state index contributed by atoms with van der Waals surface area (Å²) in [5.41, 5.74) is 0. The van der Waals surface area contributed by atoms with Gasteiger partial charge in [-0.25, -0.2) is 0 Å². The fraction of sp³-hybridized carbons (Fsp3) is 0.824. The van der Waals surface area contributed by atoms with Gasteiger partial charge in [0, 0.05) is 38.7 Å². The van der Waals surface area contributed by atoms with Gasteiger partial charge in [-0.2, -0.15) is 0 Å². The summed E-state index contributed by atoms with van der Waals surface area (Å²) in [4.78, 5) is 12.5. The van der Waals surface area contributed by atoms with Crippen LogP contribution < -0.4 is 29.3 Å². The Morgan fingerprint density at radius 1 is 1.29 bits per heavy atom. The van der Waals surface area contributed by atoms with Gasteiger partial charge in [-0.05, 0) is 19.3 Å². The summed E-state index contributed by atoms with van der Waals surface area (Å²) < 4.78 is 0. The largest absolute Gasteiger partial charge is 1.00 e. The number of nitrogens with one attached hydrogen (secondary N) is 1. The molecular weight excluding hydrogens is 303 g/mol. The molecule has 2 atom stereocenters. The van der Waals surface area contributed by atoms with Crippen LogP contribution in [0.3, 0.4) is 0 Å². The standard InChI is InChI=1S/C17H34N2O4.Li/c1-3-5-7-15(20)13-18-10-12-19(11-9-17(22)23)14-16(21)8-6-4-2;/h6,8,15-16,18,20-21H,3-5,7,9-14H2,1-2H3,(H,22,23);/q;+1/p-1/b8-6+;. The van der Waals surface area contributed by atoms with E-state index in [2.05, 4.69) is 12.2 Å². The Labute approximate surface area is 158 Å². The van der Waals surface area contributed by atoms with Crippen LogP contribution in [-0.4, -0.2) is 66.0 Å². The minimum absolute atomic E-state index is 0. The van der Waals surface area contributed by atoms with Gasteiger partial charge in [0.2, 0.25) is 0 Å². The summed E-state index contributed by atoms with van der Waals surface area (Å²) in [6, 6.07) is 0. The predicted molar refractivity (Wildman–Crippen MR) is 89.9 cm³/mol. The molecule has 0 aromatic rings. The van der Waals surface area contributed by atoms with Crippen molar-refractivity contribution in [3.63, 3.8) is 0 Å². The summed E-state index contributed by atoms with van der Waals surface area (Å²) >= 11 is 0. The molecule has 0 aliphatic heterocycles. The maximum absolute atomic E-state index is 10.6. The van der Waals surface area contributed by atoms with Crippen LogP contribution >= 0.6 is 0 Å². The molecule has 0 aromatic carbocycles. The first-order valence-electron chi connectivity index (χ1n) is 8.65. The number of carbonyl (C=O) groups is 1. The molecular formula is C17H33LiN2O4. The minimum atomic E-state index is -1.09. The molecule has 0 amide bonds. The maximum Gasteiger partial charge on any atom is 1.00 e. The summed E-state index contributed by atoms with van der Waals surface area (Å²) in [6.07, 6.45) is 6.34. The van der Waals surface area contributed by atoms with Gasteiger partial charge in [-0.15, -0.1) is 0 Å². The molecule has 0 rings (SSSR count). The summed E-state index contributed by atoms with van der Waals surface area (Å²) in [7, 11) is 0. The Balaban J connectivity index is 0. The monoisotopic (exact) mass is 336 g/mol. The topological polar surface area (TPSA) is 95.9 Å². The third-order valence-electron chi connectivity index (χ3n) is 3.55. The zero-order valence-electron chi connectivity index (χ0n) is 15.5. The van der Waals surface area contributed by atoms with E-state index >= 15 is 0 Å². The Hall–Kier alpha value is -0.353. The first-order valence-corrected chi connectivity index (χ1v) is 8.65. The van der Waals surface area contributed by atoms with E-state index < -0.39 is 12.1 Å². The fourth-order valence-corrected chi connectivity index (χ4v) is 2.21. The van der Waals surface area contributed by atoms with Gasteiger partial charge in [0.05, 0.1) is 12.2 Å². The van der Waals surface area contributed by atoms with Gasteiger partial charge in [0.25, 0.3) is 0 Å². The first kappa shape index (κ1) is 25.9. The van der Waals surface area contributed by atoms with Crippen molar-refractivity contribution < 1.29 is 39.0 Å². The number of allylic oxidation sites excluding steroid dienone is 1. The van der Waals surface area contributed by atoms with Crippen LogP contribution in [-0.2, 0) is 4.79 Å². The number of nitrogens with zero attached hydrogens (tertiary/aromatic N) is 1. The smallest absolute Gasteiger partial charge is 0.550 e. The molecule has 136 valence electrons. The van der Waals surface area contributed by atoms with Crippen molar-refractivity contribution in [1.82, 2.24) is 10.2 Å². The zero-order valence-corrected chi connectivity index (χ0v) is 15.5. The molecule has 0 heterocycles. The van der Waals surface area contributed by atoms with Crippen molar-refractivity contribution >= 4 is 5.97 Å². The van der Waals surface area contributed by atoms with Crippen LogP contribution in [0.15, 0.2) is 12.2 Å². The van der Waals surface area contributed by atoms with Crippen LogP contribution in [0.25, 0.3) is 0 Å². The van der Waals surface area contributed by atoms with Crippen molar-refractivity contribution in [2.45, 2.75) is 58.2 Å². The molecule has 0 aromatic heterocycles. The van der Waals surface area contributed by atoms with Gasteiger partial charge < -0.3 is 25.4 Å². The van der Waals surface area contributed by atoms with Gasteiger partial charge >= 0.3 is 18.9 Å². The summed E-state index contributed by atoms with van der Waals surface area (Å²) in [6.45, 7) is 6.61. The van der Waals surface area contributed by atoms with Crippen LogP contribution in [0.4, 0.5) is 0 Å². The number of aliphatic carboxylic acids is 1. The number of carboxylic acids is 1. The molecule has 0 spiro atoms. The molecule has 24 heavy (non-hydrogen) atoms. The molecule has 0 fully saturated rings. The number of aliphatic hydroxyl groups excluding tert-OH is 2. The van der Waals surface area contributed by atoms with Crippen molar-refractivity contribution in [1.29, 1.82) is 0 Å². The molecule has 0 bridgehead atoms. The third kappa shape index (κ3) is 16.5. The Morgan fingerprint density at radius 3 is 2.58 bits per heavy atom. The van der Waals surface area contributed by atoms with Crippen molar-refractivity contribution in [3.05, 3.63) is 12.2 Å². The van der Waals surface area contributed by atoms with E-state index in [9.17, 15) is 20.1 Å². The molecule has 0 radical (unpaired) electrons. The van der Waals surface area contributed by atoms with E-state index in [1.165, 1.54) is 0 Å². The second-order valence-corrected chi connectivity index (χ2v) is 5.83. The van der Waals surface area contributed by atoms with Gasteiger partial charge in [-0.3, -0.25) is 4.90 Å². The average molecular weight is 336 g/mol. The Morgan fingerprint density at radius 2 is 2.00 bits per heavy atom. The second kappa shape index (κ2) is 17.5. The summed E-state index contributed by atoms with van der Waals surface area (Å²) in [5.74, 6) is -1.09. The number of hydrogen-bond donors (Lipinski definition) is 3. The molecule has 2 unspecified atom stereocenters. The van der Waals surface area contributed by atoms with E-state index in [-0.39, 0.29) is 31.4 Å².